The molecule has 1 aromatic heterocycles. The van der Waals surface area contributed by atoms with Gasteiger partial charge in [0.1, 0.15) is 17.5 Å². The van der Waals surface area contributed by atoms with E-state index in [1.807, 2.05) is 48.5 Å². The summed E-state index contributed by atoms with van der Waals surface area (Å²) >= 11 is 6.22. The van der Waals surface area contributed by atoms with Crippen molar-refractivity contribution < 1.29 is 23.6 Å². The molecule has 0 aliphatic rings. The summed E-state index contributed by atoms with van der Waals surface area (Å²) in [5.74, 6) is -0.0681. The minimum Gasteiger partial charge on any atom is -0.465 e. The zero-order valence-corrected chi connectivity index (χ0v) is 20.1. The van der Waals surface area contributed by atoms with Gasteiger partial charge >= 0.3 is 12.1 Å². The third-order valence-electron chi connectivity index (χ3n) is 5.48. The molecule has 0 saturated carbocycles. The minimum atomic E-state index is -0.669. The molecular formula is C27H23ClN2O5. The van der Waals surface area contributed by atoms with Gasteiger partial charge in [-0.2, -0.15) is 0 Å². The molecule has 178 valence electrons. The van der Waals surface area contributed by atoms with Crippen molar-refractivity contribution in [2.75, 3.05) is 12.4 Å². The predicted molar refractivity (Wildman–Crippen MR) is 133 cm³/mol. The molecule has 1 unspecified atom stereocenters. The number of ether oxygens (including phenoxy) is 2. The maximum atomic E-state index is 12.7. The molecule has 0 aliphatic heterocycles. The Morgan fingerprint density at radius 1 is 1.00 bits per heavy atom. The molecule has 8 heteroatoms. The first kappa shape index (κ1) is 24.0. The number of nitrogens with one attached hydrogen (secondary N) is 1. The van der Waals surface area contributed by atoms with Gasteiger partial charge in [0.25, 0.3) is 0 Å². The number of nitrogens with zero attached hydrogens (tertiary/aromatic N) is 1. The number of esters is 1. The molecule has 1 atom stereocenters. The van der Waals surface area contributed by atoms with Gasteiger partial charge < -0.3 is 14.0 Å². The van der Waals surface area contributed by atoms with E-state index >= 15 is 0 Å². The van der Waals surface area contributed by atoms with Gasteiger partial charge in [-0.1, -0.05) is 71.4 Å². The van der Waals surface area contributed by atoms with Gasteiger partial charge in [-0.3, -0.25) is 5.32 Å². The molecular weight excluding hydrogens is 468 g/mol. The van der Waals surface area contributed by atoms with Gasteiger partial charge in [-0.05, 0) is 43.2 Å². The van der Waals surface area contributed by atoms with E-state index < -0.39 is 18.2 Å². The Labute approximate surface area is 207 Å². The van der Waals surface area contributed by atoms with E-state index in [0.29, 0.717) is 44.4 Å². The number of anilines is 1. The molecule has 3 aromatic carbocycles. The zero-order valence-electron chi connectivity index (χ0n) is 19.4. The van der Waals surface area contributed by atoms with E-state index in [2.05, 4.69) is 10.5 Å². The number of hydrogen-bond donors (Lipinski definition) is 1. The summed E-state index contributed by atoms with van der Waals surface area (Å²) in [5, 5.41) is 7.27. The fourth-order valence-electron chi connectivity index (χ4n) is 3.73. The normalized spacial score (nSPS) is 11.5. The van der Waals surface area contributed by atoms with Crippen LogP contribution in [0.2, 0.25) is 5.02 Å². The van der Waals surface area contributed by atoms with Crippen LogP contribution in [0, 0.1) is 6.92 Å². The van der Waals surface area contributed by atoms with Gasteiger partial charge in [0, 0.05) is 16.1 Å². The van der Waals surface area contributed by atoms with Gasteiger partial charge in [0.2, 0.25) is 0 Å². The smallest absolute Gasteiger partial charge is 0.412 e. The summed E-state index contributed by atoms with van der Waals surface area (Å²) in [6, 6.07) is 21.7. The highest BCUT2D eigenvalue weighted by Gasteiger charge is 2.21. The third-order valence-corrected chi connectivity index (χ3v) is 5.83. The molecule has 1 heterocycles. The molecule has 0 aliphatic carbocycles. The van der Waals surface area contributed by atoms with Crippen LogP contribution in [0.3, 0.4) is 0 Å². The molecule has 0 radical (unpaired) electrons. The molecule has 35 heavy (non-hydrogen) atoms. The summed E-state index contributed by atoms with van der Waals surface area (Å²) in [4.78, 5) is 24.9. The lowest BCUT2D eigenvalue weighted by Gasteiger charge is -2.15. The molecule has 7 nitrogen and oxygen atoms in total. The maximum absolute atomic E-state index is 12.7. The van der Waals surface area contributed by atoms with Crippen LogP contribution in [-0.2, 0) is 9.47 Å². The Kier molecular flexibility index (Phi) is 7.17. The first-order valence-corrected chi connectivity index (χ1v) is 11.2. The lowest BCUT2D eigenvalue weighted by Crippen LogP contribution is -2.17. The van der Waals surface area contributed by atoms with Crippen LogP contribution in [-0.4, -0.2) is 24.3 Å². The Bertz CT molecular complexity index is 1380. The third kappa shape index (κ3) is 5.20. The number of hydrogen-bond acceptors (Lipinski definition) is 6. The molecule has 0 spiro atoms. The van der Waals surface area contributed by atoms with E-state index in [4.69, 9.17) is 25.6 Å². The van der Waals surface area contributed by atoms with Crippen molar-refractivity contribution in [3.8, 4) is 22.5 Å². The minimum absolute atomic E-state index is 0.363. The van der Waals surface area contributed by atoms with Crippen molar-refractivity contribution >= 4 is 29.4 Å². The van der Waals surface area contributed by atoms with E-state index in [0.717, 1.165) is 5.56 Å². The highest BCUT2D eigenvalue weighted by atomic mass is 35.5. The molecule has 1 amide bonds. The number of amides is 1. The van der Waals surface area contributed by atoms with Crippen molar-refractivity contribution in [1.29, 1.82) is 0 Å². The van der Waals surface area contributed by atoms with Crippen molar-refractivity contribution in [1.82, 2.24) is 5.16 Å². The molecule has 0 bridgehead atoms. The Morgan fingerprint density at radius 2 is 1.71 bits per heavy atom. The fourth-order valence-corrected chi connectivity index (χ4v) is 4.01. The number of rotatable bonds is 6. The van der Waals surface area contributed by atoms with Crippen molar-refractivity contribution in [3.05, 3.63) is 94.6 Å². The second kappa shape index (κ2) is 10.4. The summed E-state index contributed by atoms with van der Waals surface area (Å²) in [6.07, 6.45) is -1.23. The first-order valence-electron chi connectivity index (χ1n) is 10.9. The number of carbonyl (C=O) groups excluding carboxylic acids is 2. The zero-order chi connectivity index (χ0) is 24.9. The van der Waals surface area contributed by atoms with Gasteiger partial charge in [-0.15, -0.1) is 0 Å². The number of methoxy groups -OCH3 is 1. The van der Waals surface area contributed by atoms with E-state index in [9.17, 15) is 9.59 Å². The van der Waals surface area contributed by atoms with Crippen molar-refractivity contribution in [2.24, 2.45) is 0 Å². The number of aromatic nitrogens is 1. The highest BCUT2D eigenvalue weighted by Crippen LogP contribution is 2.35. The molecule has 4 aromatic rings. The maximum Gasteiger partial charge on any atom is 0.412 e. The largest absolute Gasteiger partial charge is 0.465 e. The van der Waals surface area contributed by atoms with Crippen LogP contribution in [0.25, 0.3) is 22.5 Å². The van der Waals surface area contributed by atoms with Crippen molar-refractivity contribution in [3.63, 3.8) is 0 Å². The Balaban J connectivity index is 1.61. The number of halogens is 1. The van der Waals surface area contributed by atoms with Crippen LogP contribution in [0.1, 0.15) is 34.6 Å². The Morgan fingerprint density at radius 3 is 2.49 bits per heavy atom. The highest BCUT2D eigenvalue weighted by molar-refractivity contribution is 6.31. The number of aryl methyl sites for hydroxylation is 1. The molecule has 0 fully saturated rings. The monoisotopic (exact) mass is 490 g/mol. The average molecular weight is 491 g/mol. The summed E-state index contributed by atoms with van der Waals surface area (Å²) < 4.78 is 16.0. The SMILES string of the molecule is COC(=O)c1ccccc1-c1cccc(-c2onc(C)c2NC(=O)OC(C)c2ccccc2Cl)c1. The topological polar surface area (TPSA) is 90.7 Å². The number of carbonyl (C=O) groups is 2. The molecule has 4 rings (SSSR count). The lowest BCUT2D eigenvalue weighted by molar-refractivity contribution is 0.0601. The van der Waals surface area contributed by atoms with Crippen LogP contribution in [0.15, 0.2) is 77.3 Å². The summed E-state index contributed by atoms with van der Waals surface area (Å²) in [6.45, 7) is 3.46. The van der Waals surface area contributed by atoms with Crippen LogP contribution in [0.5, 0.6) is 0 Å². The van der Waals surface area contributed by atoms with Gasteiger partial charge in [0.05, 0.1) is 12.7 Å². The standard InChI is InChI=1S/C27H23ClN2O5/c1-16-24(29-27(32)34-17(2)20-11-6-7-14-23(20)28)25(35-30-16)19-10-8-9-18(15-19)21-12-4-5-13-22(21)26(31)33-3/h4-15,17H,1-3H3,(H,29,32). The van der Waals surface area contributed by atoms with Crippen LogP contribution in [0.4, 0.5) is 10.5 Å². The molecule has 0 saturated heterocycles. The number of benzene rings is 3. The summed E-state index contributed by atoms with van der Waals surface area (Å²) in [7, 11) is 1.34. The van der Waals surface area contributed by atoms with Crippen LogP contribution < -0.4 is 5.32 Å². The quantitative estimate of drug-likeness (QED) is 0.291. The Hall–Kier alpha value is -4.10. The fraction of sp³-hybridized carbons (Fsp3) is 0.148. The van der Waals surface area contributed by atoms with E-state index in [-0.39, 0.29) is 0 Å². The second-order valence-electron chi connectivity index (χ2n) is 7.78. The van der Waals surface area contributed by atoms with Crippen molar-refractivity contribution in [2.45, 2.75) is 20.0 Å². The average Bonchev–Trinajstić information content (AvgIpc) is 3.23. The van der Waals surface area contributed by atoms with E-state index in [1.165, 1.54) is 7.11 Å². The van der Waals surface area contributed by atoms with Gasteiger partial charge in [0.15, 0.2) is 5.76 Å². The van der Waals surface area contributed by atoms with E-state index in [1.54, 1.807) is 38.1 Å². The van der Waals surface area contributed by atoms with Crippen LogP contribution >= 0.6 is 11.6 Å². The summed E-state index contributed by atoms with van der Waals surface area (Å²) in [5.41, 5.74) is 4.16. The predicted octanol–water partition coefficient (Wildman–Crippen LogP) is 7.07. The first-order chi connectivity index (χ1) is 16.9. The second-order valence-corrected chi connectivity index (χ2v) is 8.19. The molecule has 1 N–H and O–H groups in total. The lowest BCUT2D eigenvalue weighted by atomic mass is 9.97. The van der Waals surface area contributed by atoms with Gasteiger partial charge in [-0.25, -0.2) is 9.59 Å².